The Balaban J connectivity index is 1.06. The average Bonchev–Trinajstić information content (AvgIpc) is 3.90. The van der Waals surface area contributed by atoms with Gasteiger partial charge in [0.2, 0.25) is 5.95 Å². The fraction of sp³-hybridized carbons (Fsp3) is 0.0159. The predicted octanol–water partition coefficient (Wildman–Crippen LogP) is 15.9. The normalized spacial score (nSPS) is 12.6. The average molecular weight is 855 g/mol. The van der Waals surface area contributed by atoms with Crippen molar-refractivity contribution in [2.75, 3.05) is 4.90 Å². The van der Waals surface area contributed by atoms with Crippen LogP contribution in [-0.2, 0) is 5.41 Å². The van der Waals surface area contributed by atoms with Crippen molar-refractivity contribution >= 4 is 49.8 Å². The van der Waals surface area contributed by atoms with Crippen LogP contribution in [0.25, 0.3) is 72.2 Å². The van der Waals surface area contributed by atoms with Crippen LogP contribution in [0.5, 0.6) is 0 Å². The fourth-order valence-corrected chi connectivity index (χ4v) is 10.7. The van der Waals surface area contributed by atoms with Crippen molar-refractivity contribution in [3.8, 4) is 39.5 Å². The Kier molecular flexibility index (Phi) is 9.04. The highest BCUT2D eigenvalue weighted by molar-refractivity contribution is 6.11. The first-order valence-electron chi connectivity index (χ1n) is 22.9. The molecule has 2 aromatic heterocycles. The zero-order valence-corrected chi connectivity index (χ0v) is 36.5. The summed E-state index contributed by atoms with van der Waals surface area (Å²) in [6.07, 6.45) is 0. The Bertz CT molecular complexity index is 3700. The lowest BCUT2D eigenvalue weighted by molar-refractivity contribution is 0.769. The molecule has 0 amide bonds. The number of nitrogens with zero attached hydrogens (tertiary/aromatic N) is 4. The van der Waals surface area contributed by atoms with Crippen molar-refractivity contribution in [2.24, 2.45) is 0 Å². The van der Waals surface area contributed by atoms with Crippen LogP contribution in [0.1, 0.15) is 22.3 Å². The van der Waals surface area contributed by atoms with Crippen molar-refractivity contribution in [1.29, 1.82) is 0 Å². The Morgan fingerprint density at radius 2 is 0.851 bits per heavy atom. The van der Waals surface area contributed by atoms with E-state index >= 15 is 0 Å². The maximum absolute atomic E-state index is 5.53. The van der Waals surface area contributed by atoms with E-state index in [1.54, 1.807) is 0 Å². The van der Waals surface area contributed by atoms with E-state index in [0.29, 0.717) is 5.95 Å². The molecule has 0 bridgehead atoms. The van der Waals surface area contributed by atoms with Crippen molar-refractivity contribution in [3.63, 3.8) is 0 Å². The van der Waals surface area contributed by atoms with E-state index < -0.39 is 5.41 Å². The zero-order chi connectivity index (χ0) is 44.3. The molecule has 1 aliphatic rings. The van der Waals surface area contributed by atoms with E-state index in [-0.39, 0.29) is 0 Å². The highest BCUT2D eigenvalue weighted by Gasteiger charge is 2.46. The summed E-state index contributed by atoms with van der Waals surface area (Å²) in [6, 6.07) is 91.7. The van der Waals surface area contributed by atoms with Gasteiger partial charge in [-0.2, -0.15) is 0 Å². The van der Waals surface area contributed by atoms with Gasteiger partial charge in [0.15, 0.2) is 0 Å². The smallest absolute Gasteiger partial charge is 0.235 e. The van der Waals surface area contributed by atoms with E-state index in [4.69, 9.17) is 9.97 Å². The SMILES string of the molecule is c1ccc(-c2nc(-n3c4cc(-c5ccc(N(c6ccccc6)c6ccccc6)cc5)ccc4c4ccc(C5(c6ccccc6)c6ccccc6-c6ccccc65)cc43)nc3ccccc23)cc1. The molecular formula is C63H42N4. The van der Waals surface area contributed by atoms with Gasteiger partial charge in [-0.05, 0) is 99.1 Å². The summed E-state index contributed by atoms with van der Waals surface area (Å²) in [5.41, 5.74) is 17.4. The van der Waals surface area contributed by atoms with Crippen LogP contribution in [0.4, 0.5) is 17.1 Å². The second-order valence-corrected chi connectivity index (χ2v) is 17.3. The third kappa shape index (κ3) is 6.15. The highest BCUT2D eigenvalue weighted by Crippen LogP contribution is 2.56. The summed E-state index contributed by atoms with van der Waals surface area (Å²) in [7, 11) is 0. The Labute approximate surface area is 389 Å². The molecule has 4 nitrogen and oxygen atoms in total. The Morgan fingerprint density at radius 1 is 0.343 bits per heavy atom. The Hall–Kier alpha value is -8.86. The number of rotatable bonds is 8. The monoisotopic (exact) mass is 854 g/mol. The van der Waals surface area contributed by atoms with E-state index in [1.165, 1.54) is 33.4 Å². The molecule has 2 heterocycles. The third-order valence-electron chi connectivity index (χ3n) is 13.7. The van der Waals surface area contributed by atoms with Crippen molar-refractivity contribution in [3.05, 3.63) is 277 Å². The number of para-hydroxylation sites is 3. The van der Waals surface area contributed by atoms with Gasteiger partial charge in [0, 0.05) is 38.8 Å². The van der Waals surface area contributed by atoms with Crippen molar-refractivity contribution in [2.45, 2.75) is 5.41 Å². The van der Waals surface area contributed by atoms with E-state index in [1.807, 2.05) is 0 Å². The largest absolute Gasteiger partial charge is 0.311 e. The third-order valence-corrected chi connectivity index (χ3v) is 13.7. The first-order chi connectivity index (χ1) is 33.2. The number of benzene rings is 10. The molecule has 10 aromatic carbocycles. The van der Waals surface area contributed by atoms with Gasteiger partial charge in [0.25, 0.3) is 0 Å². The lowest BCUT2D eigenvalue weighted by Gasteiger charge is -2.34. The molecule has 0 spiro atoms. The van der Waals surface area contributed by atoms with Crippen LogP contribution < -0.4 is 4.90 Å². The van der Waals surface area contributed by atoms with Gasteiger partial charge in [-0.15, -0.1) is 0 Å². The van der Waals surface area contributed by atoms with Gasteiger partial charge in [0.1, 0.15) is 0 Å². The molecule has 0 saturated heterocycles. The molecule has 1 aliphatic carbocycles. The maximum atomic E-state index is 5.53. The molecule has 0 fully saturated rings. The molecule has 0 N–H and O–H groups in total. The second-order valence-electron chi connectivity index (χ2n) is 17.3. The minimum Gasteiger partial charge on any atom is -0.311 e. The van der Waals surface area contributed by atoms with Crippen LogP contribution in [0.15, 0.2) is 255 Å². The topological polar surface area (TPSA) is 34.0 Å². The minimum atomic E-state index is -0.566. The molecule has 0 aliphatic heterocycles. The van der Waals surface area contributed by atoms with Crippen LogP contribution in [0.3, 0.4) is 0 Å². The van der Waals surface area contributed by atoms with E-state index in [2.05, 4.69) is 264 Å². The number of aromatic nitrogens is 3. The summed E-state index contributed by atoms with van der Waals surface area (Å²) in [5, 5.41) is 3.30. The van der Waals surface area contributed by atoms with E-state index in [0.717, 1.165) is 72.2 Å². The van der Waals surface area contributed by atoms with Gasteiger partial charge >= 0.3 is 0 Å². The van der Waals surface area contributed by atoms with Crippen molar-refractivity contribution in [1.82, 2.24) is 14.5 Å². The standard InChI is InChI=1S/C63H42N4/c1-5-19-44(20-6-1)61-55-29-15-18-32-58(55)64-62(65-61)67-59-41-45(43-33-37-50(38-34-43)66(48-23-9-3-10-24-48)49-25-11-4-12-26-49)35-39-53(59)54-40-36-47(42-60(54)67)63(46-21-7-2-8-22-46)56-30-16-13-27-51(56)52-28-14-17-31-57(52)63/h1-42H. The number of hydrogen-bond donors (Lipinski definition) is 0. The maximum Gasteiger partial charge on any atom is 0.235 e. The van der Waals surface area contributed by atoms with Gasteiger partial charge in [-0.1, -0.05) is 200 Å². The van der Waals surface area contributed by atoms with Crippen LogP contribution in [0, 0.1) is 0 Å². The van der Waals surface area contributed by atoms with Crippen LogP contribution in [0.2, 0.25) is 0 Å². The lowest BCUT2D eigenvalue weighted by Crippen LogP contribution is -2.28. The quantitative estimate of drug-likeness (QED) is 0.153. The van der Waals surface area contributed by atoms with Crippen LogP contribution in [-0.4, -0.2) is 14.5 Å². The highest BCUT2D eigenvalue weighted by atomic mass is 15.2. The number of hydrogen-bond acceptors (Lipinski definition) is 3. The molecule has 13 rings (SSSR count). The minimum absolute atomic E-state index is 0.566. The molecule has 0 radical (unpaired) electrons. The fourth-order valence-electron chi connectivity index (χ4n) is 10.7. The van der Waals surface area contributed by atoms with Gasteiger partial charge in [0.05, 0.1) is 27.7 Å². The summed E-state index contributed by atoms with van der Waals surface area (Å²) >= 11 is 0. The molecule has 12 aromatic rings. The lowest BCUT2D eigenvalue weighted by atomic mass is 9.67. The second kappa shape index (κ2) is 15.7. The molecule has 0 unspecified atom stereocenters. The van der Waals surface area contributed by atoms with Gasteiger partial charge in [-0.3, -0.25) is 4.57 Å². The summed E-state index contributed by atoms with van der Waals surface area (Å²) in [6.45, 7) is 0. The first-order valence-corrected chi connectivity index (χ1v) is 22.9. The molecule has 67 heavy (non-hydrogen) atoms. The molecule has 0 atom stereocenters. The van der Waals surface area contributed by atoms with Gasteiger partial charge < -0.3 is 4.90 Å². The first kappa shape index (κ1) is 38.6. The van der Waals surface area contributed by atoms with Gasteiger partial charge in [-0.25, -0.2) is 9.97 Å². The number of fused-ring (bicyclic) bond motifs is 7. The zero-order valence-electron chi connectivity index (χ0n) is 36.5. The van der Waals surface area contributed by atoms with Crippen LogP contribution >= 0.6 is 0 Å². The predicted molar refractivity (Wildman–Crippen MR) is 277 cm³/mol. The Morgan fingerprint density at radius 3 is 1.51 bits per heavy atom. The molecule has 314 valence electrons. The summed E-state index contributed by atoms with van der Waals surface area (Å²) in [4.78, 5) is 13.2. The van der Waals surface area contributed by atoms with Crippen molar-refractivity contribution < 1.29 is 0 Å². The summed E-state index contributed by atoms with van der Waals surface area (Å²) < 4.78 is 2.31. The molecule has 0 saturated carbocycles. The molecule has 4 heteroatoms. The number of anilines is 3. The summed E-state index contributed by atoms with van der Waals surface area (Å²) in [5.74, 6) is 0.629. The molecular weight excluding hydrogens is 813 g/mol. The van der Waals surface area contributed by atoms with E-state index in [9.17, 15) is 0 Å².